The molecule has 1 atom stereocenters. The van der Waals surface area contributed by atoms with Gasteiger partial charge in [-0.3, -0.25) is 0 Å². The van der Waals surface area contributed by atoms with E-state index < -0.39 is 6.29 Å². The van der Waals surface area contributed by atoms with Gasteiger partial charge in [0.1, 0.15) is 11.9 Å². The first-order valence-electron chi connectivity index (χ1n) is 5.11. The number of methoxy groups -OCH3 is 3. The minimum atomic E-state index is -0.467. The molecule has 0 aliphatic heterocycles. The molecule has 0 radical (unpaired) electrons. The van der Waals surface area contributed by atoms with Crippen molar-refractivity contribution in [1.82, 2.24) is 9.97 Å². The molecule has 0 aliphatic carbocycles. The van der Waals surface area contributed by atoms with Crippen molar-refractivity contribution < 1.29 is 14.2 Å². The van der Waals surface area contributed by atoms with E-state index in [0.29, 0.717) is 16.9 Å². The predicted molar refractivity (Wildman–Crippen MR) is 71.8 cm³/mol. The molecule has 0 saturated heterocycles. The Morgan fingerprint density at radius 2 is 2.06 bits per heavy atom. The number of rotatable bonds is 7. The topological polar surface area (TPSA) is 65.5 Å². The lowest BCUT2D eigenvalue weighted by atomic mass is 10.3. The first-order chi connectivity index (χ1) is 8.62. The van der Waals surface area contributed by atoms with Crippen molar-refractivity contribution in [3.8, 4) is 0 Å². The van der Waals surface area contributed by atoms with Crippen LogP contribution >= 0.6 is 27.5 Å². The van der Waals surface area contributed by atoms with Gasteiger partial charge in [0, 0.05) is 27.5 Å². The van der Waals surface area contributed by atoms with Gasteiger partial charge >= 0.3 is 0 Å². The second-order valence-corrected chi connectivity index (χ2v) is 4.57. The zero-order valence-corrected chi connectivity index (χ0v) is 12.7. The smallest absolute Gasteiger partial charge is 0.224 e. The van der Waals surface area contributed by atoms with Gasteiger partial charge in [-0.2, -0.15) is 4.98 Å². The summed E-state index contributed by atoms with van der Waals surface area (Å²) in [5.74, 6) is 0.552. The van der Waals surface area contributed by atoms with Crippen LogP contribution in [-0.4, -0.2) is 50.2 Å². The largest absolute Gasteiger partial charge is 0.382 e. The van der Waals surface area contributed by atoms with E-state index in [1.54, 1.807) is 27.5 Å². The fraction of sp³-hybridized carbons (Fsp3) is 0.600. The van der Waals surface area contributed by atoms with E-state index >= 15 is 0 Å². The van der Waals surface area contributed by atoms with Crippen molar-refractivity contribution in [2.45, 2.75) is 12.3 Å². The van der Waals surface area contributed by atoms with Crippen LogP contribution in [0.1, 0.15) is 0 Å². The summed E-state index contributed by atoms with van der Waals surface area (Å²) in [4.78, 5) is 7.93. The lowest BCUT2D eigenvalue weighted by Gasteiger charge is -2.25. The van der Waals surface area contributed by atoms with Gasteiger partial charge in [-0.05, 0) is 27.5 Å². The Hall–Kier alpha value is -0.470. The molecule has 1 heterocycles. The van der Waals surface area contributed by atoms with E-state index in [4.69, 9.17) is 25.8 Å². The van der Waals surface area contributed by atoms with Crippen LogP contribution in [0.15, 0.2) is 10.7 Å². The molecule has 1 N–H and O–H groups in total. The third-order valence-electron chi connectivity index (χ3n) is 2.18. The van der Waals surface area contributed by atoms with Gasteiger partial charge in [-0.15, -0.1) is 0 Å². The van der Waals surface area contributed by atoms with Gasteiger partial charge in [0.25, 0.3) is 0 Å². The minimum Gasteiger partial charge on any atom is -0.382 e. The fourth-order valence-corrected chi connectivity index (χ4v) is 1.85. The quantitative estimate of drug-likeness (QED) is 0.604. The van der Waals surface area contributed by atoms with Gasteiger partial charge in [-0.1, -0.05) is 0 Å². The van der Waals surface area contributed by atoms with Gasteiger partial charge < -0.3 is 19.5 Å². The van der Waals surface area contributed by atoms with E-state index in [1.165, 1.54) is 0 Å². The van der Waals surface area contributed by atoms with Crippen molar-refractivity contribution in [3.63, 3.8) is 0 Å². The van der Waals surface area contributed by atoms with E-state index in [2.05, 4.69) is 31.2 Å². The normalized spacial score (nSPS) is 12.8. The van der Waals surface area contributed by atoms with Gasteiger partial charge in [-0.25, -0.2) is 4.98 Å². The molecule has 1 unspecified atom stereocenters. The van der Waals surface area contributed by atoms with Crippen LogP contribution in [0.2, 0.25) is 5.28 Å². The molecule has 0 fully saturated rings. The van der Waals surface area contributed by atoms with E-state index in [1.807, 2.05) is 0 Å². The molecule has 1 rings (SSSR count). The summed E-state index contributed by atoms with van der Waals surface area (Å²) in [6.07, 6.45) is 1.10. The molecule has 0 amide bonds. The van der Waals surface area contributed by atoms with Crippen molar-refractivity contribution >= 4 is 33.3 Å². The van der Waals surface area contributed by atoms with E-state index in [-0.39, 0.29) is 11.3 Å². The standard InChI is InChI=1S/C10H15BrClN3O3/c1-16-5-7(9(17-2)18-3)14-8-6(11)4-13-10(12)15-8/h4,7,9H,5H2,1-3H3,(H,13,14,15). The Kier molecular flexibility index (Phi) is 6.80. The number of anilines is 1. The third kappa shape index (κ3) is 4.33. The number of halogens is 2. The molecule has 0 saturated carbocycles. The summed E-state index contributed by atoms with van der Waals surface area (Å²) in [5.41, 5.74) is 0. The van der Waals surface area contributed by atoms with Crippen LogP contribution in [0.25, 0.3) is 0 Å². The number of hydrogen-bond donors (Lipinski definition) is 1. The fourth-order valence-electron chi connectivity index (χ4n) is 1.42. The van der Waals surface area contributed by atoms with Crippen LogP contribution in [0.5, 0.6) is 0 Å². The summed E-state index contributed by atoms with van der Waals surface area (Å²) in [6, 6.07) is -0.229. The van der Waals surface area contributed by atoms with E-state index in [9.17, 15) is 0 Å². The summed E-state index contributed by atoms with van der Waals surface area (Å²) < 4.78 is 16.2. The molecule has 0 aromatic carbocycles. The van der Waals surface area contributed by atoms with Gasteiger partial charge in [0.05, 0.1) is 11.1 Å². The lowest BCUT2D eigenvalue weighted by Crippen LogP contribution is -2.40. The highest BCUT2D eigenvalue weighted by atomic mass is 79.9. The molecular weight excluding hydrogens is 325 g/mol. The summed E-state index contributed by atoms with van der Waals surface area (Å²) in [6.45, 7) is 0.389. The first kappa shape index (κ1) is 15.6. The van der Waals surface area contributed by atoms with Gasteiger partial charge in [0.2, 0.25) is 5.28 Å². The maximum atomic E-state index is 5.75. The van der Waals surface area contributed by atoms with Crippen LogP contribution < -0.4 is 5.32 Å². The number of nitrogens with zero attached hydrogens (tertiary/aromatic N) is 2. The first-order valence-corrected chi connectivity index (χ1v) is 6.28. The van der Waals surface area contributed by atoms with Crippen molar-refractivity contribution in [2.24, 2.45) is 0 Å². The lowest BCUT2D eigenvalue weighted by molar-refractivity contribution is -0.120. The van der Waals surface area contributed by atoms with Crippen LogP contribution in [-0.2, 0) is 14.2 Å². The molecular formula is C10H15BrClN3O3. The maximum Gasteiger partial charge on any atom is 0.224 e. The molecule has 1 aromatic rings. The Balaban J connectivity index is 2.85. The summed E-state index contributed by atoms with van der Waals surface area (Å²) >= 11 is 9.08. The van der Waals surface area contributed by atoms with Crippen molar-refractivity contribution in [1.29, 1.82) is 0 Å². The molecule has 0 spiro atoms. The maximum absolute atomic E-state index is 5.75. The number of hydrogen-bond acceptors (Lipinski definition) is 6. The van der Waals surface area contributed by atoms with Crippen LogP contribution in [0, 0.1) is 0 Å². The van der Waals surface area contributed by atoms with E-state index in [0.717, 1.165) is 0 Å². The zero-order chi connectivity index (χ0) is 13.5. The molecule has 1 aromatic heterocycles. The summed E-state index contributed by atoms with van der Waals surface area (Å²) in [7, 11) is 4.71. The Morgan fingerprint density at radius 1 is 1.39 bits per heavy atom. The van der Waals surface area contributed by atoms with Gasteiger partial charge in [0.15, 0.2) is 6.29 Å². The Bertz CT molecular complexity index is 379. The molecule has 0 bridgehead atoms. The number of aromatic nitrogens is 2. The van der Waals surface area contributed by atoms with Crippen LogP contribution in [0.3, 0.4) is 0 Å². The molecule has 6 nitrogen and oxygen atoms in total. The molecule has 18 heavy (non-hydrogen) atoms. The second kappa shape index (κ2) is 7.85. The Morgan fingerprint density at radius 3 is 2.61 bits per heavy atom. The van der Waals surface area contributed by atoms with Crippen LogP contribution in [0.4, 0.5) is 5.82 Å². The highest BCUT2D eigenvalue weighted by Gasteiger charge is 2.22. The molecule has 102 valence electrons. The molecule has 0 aliphatic rings. The highest BCUT2D eigenvalue weighted by Crippen LogP contribution is 2.21. The minimum absolute atomic E-state index is 0.156. The Labute approximate surface area is 119 Å². The number of ether oxygens (including phenoxy) is 3. The summed E-state index contributed by atoms with van der Waals surface area (Å²) in [5, 5.41) is 3.29. The zero-order valence-electron chi connectivity index (χ0n) is 10.3. The second-order valence-electron chi connectivity index (χ2n) is 3.38. The van der Waals surface area contributed by atoms with Crippen molar-refractivity contribution in [2.75, 3.05) is 33.3 Å². The average molecular weight is 341 g/mol. The monoisotopic (exact) mass is 339 g/mol. The molecule has 8 heteroatoms. The SMILES string of the molecule is COCC(Nc1nc(Cl)ncc1Br)C(OC)OC. The van der Waals surface area contributed by atoms with Crippen molar-refractivity contribution in [3.05, 3.63) is 16.0 Å². The third-order valence-corrected chi connectivity index (χ3v) is 2.94. The average Bonchev–Trinajstić information content (AvgIpc) is 2.35. The highest BCUT2D eigenvalue weighted by molar-refractivity contribution is 9.10. The number of nitrogens with one attached hydrogen (secondary N) is 1. The predicted octanol–water partition coefficient (Wildman–Crippen LogP) is 1.94.